The van der Waals surface area contributed by atoms with Crippen molar-refractivity contribution in [3.8, 4) is 0 Å². The smallest absolute Gasteiger partial charge is 0.317 e. The minimum Gasteiger partial charge on any atom is -0.341 e. The lowest BCUT2D eigenvalue weighted by Gasteiger charge is -2.39. The van der Waals surface area contributed by atoms with Crippen LogP contribution in [0, 0.1) is 0 Å². The van der Waals surface area contributed by atoms with Crippen molar-refractivity contribution in [3.05, 3.63) is 0 Å². The number of likely N-dealkylation sites (N-methyl/N-ethyl adjacent to an activating group) is 1. The Kier molecular flexibility index (Phi) is 1.95. The molecule has 13 heavy (non-hydrogen) atoms. The fourth-order valence-electron chi connectivity index (χ4n) is 2.08. The standard InChI is InChI=1S/C9H17N3O/c1-10-8(13)12-6-5-11(2)9(7-12)3-4-9/h3-7H2,1-2H3,(H,10,13). The molecule has 2 rings (SSSR count). The number of nitrogens with zero attached hydrogens (tertiary/aromatic N) is 2. The molecule has 1 saturated heterocycles. The lowest BCUT2D eigenvalue weighted by molar-refractivity contribution is 0.0971. The Morgan fingerprint density at radius 3 is 2.62 bits per heavy atom. The largest absolute Gasteiger partial charge is 0.341 e. The van der Waals surface area contributed by atoms with E-state index in [9.17, 15) is 4.79 Å². The van der Waals surface area contributed by atoms with E-state index in [4.69, 9.17) is 0 Å². The third kappa shape index (κ3) is 1.39. The second-order valence-corrected chi connectivity index (χ2v) is 4.12. The van der Waals surface area contributed by atoms with Crippen LogP contribution in [-0.4, -0.2) is 55.1 Å². The molecule has 0 radical (unpaired) electrons. The molecule has 4 nitrogen and oxygen atoms in total. The molecule has 4 heteroatoms. The molecule has 0 aromatic heterocycles. The summed E-state index contributed by atoms with van der Waals surface area (Å²) in [6.07, 6.45) is 2.49. The molecule has 1 aliphatic heterocycles. The highest BCUT2D eigenvalue weighted by Crippen LogP contribution is 2.43. The zero-order valence-corrected chi connectivity index (χ0v) is 8.34. The van der Waals surface area contributed by atoms with Gasteiger partial charge in [0.25, 0.3) is 0 Å². The summed E-state index contributed by atoms with van der Waals surface area (Å²) >= 11 is 0. The van der Waals surface area contributed by atoms with Gasteiger partial charge in [0.2, 0.25) is 0 Å². The number of piperazine rings is 1. The highest BCUT2D eigenvalue weighted by Gasteiger charge is 2.50. The van der Waals surface area contributed by atoms with Gasteiger partial charge in [0.1, 0.15) is 0 Å². The molecule has 0 aromatic rings. The van der Waals surface area contributed by atoms with Gasteiger partial charge in [-0.1, -0.05) is 0 Å². The van der Waals surface area contributed by atoms with E-state index in [0.29, 0.717) is 5.54 Å². The van der Waals surface area contributed by atoms with Gasteiger partial charge in [-0.05, 0) is 19.9 Å². The van der Waals surface area contributed by atoms with Crippen molar-refractivity contribution in [1.29, 1.82) is 0 Å². The number of amides is 2. The molecule has 0 unspecified atom stereocenters. The second-order valence-electron chi connectivity index (χ2n) is 4.12. The van der Waals surface area contributed by atoms with E-state index in [1.165, 1.54) is 12.8 Å². The van der Waals surface area contributed by atoms with Crippen LogP contribution in [-0.2, 0) is 0 Å². The lowest BCUT2D eigenvalue weighted by Crippen LogP contribution is -2.56. The van der Waals surface area contributed by atoms with E-state index in [0.717, 1.165) is 19.6 Å². The van der Waals surface area contributed by atoms with Crippen molar-refractivity contribution < 1.29 is 4.79 Å². The first-order valence-corrected chi connectivity index (χ1v) is 4.86. The molecule has 0 aromatic carbocycles. The predicted octanol–water partition coefficient (Wildman–Crippen LogP) is 0.106. The minimum absolute atomic E-state index is 0.0689. The van der Waals surface area contributed by atoms with Crippen LogP contribution in [0.3, 0.4) is 0 Å². The predicted molar refractivity (Wildman–Crippen MR) is 50.6 cm³/mol. The zero-order chi connectivity index (χ0) is 9.47. The maximum absolute atomic E-state index is 11.4. The molecule has 74 valence electrons. The first-order valence-electron chi connectivity index (χ1n) is 4.86. The Bertz CT molecular complexity index is 225. The average molecular weight is 183 g/mol. The van der Waals surface area contributed by atoms with E-state index >= 15 is 0 Å². The lowest BCUT2D eigenvalue weighted by atomic mass is 10.1. The van der Waals surface area contributed by atoms with Gasteiger partial charge in [0, 0.05) is 32.2 Å². The molecular formula is C9H17N3O. The maximum Gasteiger partial charge on any atom is 0.317 e. The highest BCUT2D eigenvalue weighted by molar-refractivity contribution is 5.74. The van der Waals surface area contributed by atoms with E-state index in [-0.39, 0.29) is 6.03 Å². The van der Waals surface area contributed by atoms with Gasteiger partial charge in [-0.25, -0.2) is 4.79 Å². The molecular weight excluding hydrogens is 166 g/mol. The van der Waals surface area contributed by atoms with Gasteiger partial charge in [-0.2, -0.15) is 0 Å². The van der Waals surface area contributed by atoms with Gasteiger partial charge in [0.05, 0.1) is 0 Å². The second kappa shape index (κ2) is 2.87. The fraction of sp³-hybridized carbons (Fsp3) is 0.889. The first-order chi connectivity index (χ1) is 6.18. The van der Waals surface area contributed by atoms with Crippen molar-refractivity contribution in [3.63, 3.8) is 0 Å². The normalized spacial score (nSPS) is 26.2. The van der Waals surface area contributed by atoms with Crippen LogP contribution in [0.1, 0.15) is 12.8 Å². The molecule has 1 heterocycles. The third-order valence-corrected chi connectivity index (χ3v) is 3.33. The van der Waals surface area contributed by atoms with Crippen LogP contribution in [0.15, 0.2) is 0 Å². The van der Waals surface area contributed by atoms with Crippen molar-refractivity contribution in [2.24, 2.45) is 0 Å². The van der Waals surface area contributed by atoms with E-state index in [1.54, 1.807) is 7.05 Å². The van der Waals surface area contributed by atoms with Crippen LogP contribution >= 0.6 is 0 Å². The molecule has 2 aliphatic rings. The number of nitrogens with one attached hydrogen (secondary N) is 1. The van der Waals surface area contributed by atoms with Crippen molar-refractivity contribution in [2.45, 2.75) is 18.4 Å². The van der Waals surface area contributed by atoms with Crippen LogP contribution < -0.4 is 5.32 Å². The third-order valence-electron chi connectivity index (χ3n) is 3.33. The summed E-state index contributed by atoms with van der Waals surface area (Å²) in [7, 11) is 3.86. The molecule has 1 saturated carbocycles. The summed E-state index contributed by atoms with van der Waals surface area (Å²) in [4.78, 5) is 15.7. The van der Waals surface area contributed by atoms with Crippen molar-refractivity contribution in [1.82, 2.24) is 15.1 Å². The number of urea groups is 1. The summed E-state index contributed by atoms with van der Waals surface area (Å²) in [5, 5.41) is 2.68. The molecule has 2 amide bonds. The summed E-state index contributed by atoms with van der Waals surface area (Å²) < 4.78 is 0. The first kappa shape index (κ1) is 8.81. The average Bonchev–Trinajstić information content (AvgIpc) is 2.90. The van der Waals surface area contributed by atoms with Gasteiger partial charge in [-0.3, -0.25) is 4.90 Å². The highest BCUT2D eigenvalue weighted by atomic mass is 16.2. The molecule has 2 fully saturated rings. The van der Waals surface area contributed by atoms with Crippen LogP contribution in [0.2, 0.25) is 0 Å². The number of rotatable bonds is 0. The molecule has 0 bridgehead atoms. The topological polar surface area (TPSA) is 35.6 Å². The number of hydrogen-bond donors (Lipinski definition) is 1. The van der Waals surface area contributed by atoms with Gasteiger partial charge < -0.3 is 10.2 Å². The Hall–Kier alpha value is -0.770. The minimum atomic E-state index is 0.0689. The molecule has 1 aliphatic carbocycles. The fourth-order valence-corrected chi connectivity index (χ4v) is 2.08. The van der Waals surface area contributed by atoms with Gasteiger partial charge >= 0.3 is 6.03 Å². The Morgan fingerprint density at radius 2 is 2.08 bits per heavy atom. The van der Waals surface area contributed by atoms with Gasteiger partial charge in [-0.15, -0.1) is 0 Å². The van der Waals surface area contributed by atoms with Crippen LogP contribution in [0.4, 0.5) is 4.79 Å². The molecule has 1 spiro atoms. The number of carbonyl (C=O) groups excluding carboxylic acids is 1. The van der Waals surface area contributed by atoms with Crippen LogP contribution in [0.5, 0.6) is 0 Å². The molecule has 0 atom stereocenters. The molecule has 1 N–H and O–H groups in total. The summed E-state index contributed by atoms with van der Waals surface area (Å²) in [5.74, 6) is 0. The Labute approximate surface area is 78.9 Å². The monoisotopic (exact) mass is 183 g/mol. The van der Waals surface area contributed by atoms with E-state index in [2.05, 4.69) is 17.3 Å². The maximum atomic E-state index is 11.4. The zero-order valence-electron chi connectivity index (χ0n) is 8.34. The quantitative estimate of drug-likeness (QED) is 0.578. The SMILES string of the molecule is CNC(=O)N1CCN(C)C2(CC2)C1. The van der Waals surface area contributed by atoms with Crippen LogP contribution in [0.25, 0.3) is 0 Å². The summed E-state index contributed by atoms with van der Waals surface area (Å²) in [6, 6.07) is 0.0689. The Balaban J connectivity index is 1.99. The van der Waals surface area contributed by atoms with E-state index < -0.39 is 0 Å². The Morgan fingerprint density at radius 1 is 1.38 bits per heavy atom. The number of carbonyl (C=O) groups is 1. The summed E-state index contributed by atoms with van der Waals surface area (Å²) in [6.45, 7) is 2.77. The number of hydrogen-bond acceptors (Lipinski definition) is 2. The van der Waals surface area contributed by atoms with Crippen molar-refractivity contribution >= 4 is 6.03 Å². The van der Waals surface area contributed by atoms with Gasteiger partial charge in [0.15, 0.2) is 0 Å². The van der Waals surface area contributed by atoms with Crippen molar-refractivity contribution in [2.75, 3.05) is 33.7 Å². The van der Waals surface area contributed by atoms with E-state index in [1.807, 2.05) is 4.90 Å². The summed E-state index contributed by atoms with van der Waals surface area (Å²) in [5.41, 5.74) is 0.338.